The smallest absolute Gasteiger partial charge is 0.0129 e. The van der Waals surface area contributed by atoms with Gasteiger partial charge in [0.25, 0.3) is 0 Å². The van der Waals surface area contributed by atoms with Crippen LogP contribution in [0.4, 0.5) is 0 Å². The van der Waals surface area contributed by atoms with Crippen molar-refractivity contribution >= 4 is 0 Å². The number of unbranched alkanes of at least 4 members (excludes halogenated alkanes) is 13. The average Bonchev–Trinajstić information content (AvgIpc) is 2.67. The normalized spacial score (nSPS) is 13.0. The molecule has 1 rings (SSSR count). The predicted octanol–water partition coefficient (Wildman–Crippen LogP) is 8.45. The van der Waals surface area contributed by atoms with E-state index in [1.807, 2.05) is 0 Å². The van der Waals surface area contributed by atoms with Crippen molar-refractivity contribution in [3.05, 3.63) is 35.9 Å². The molecule has 0 amide bonds. The van der Waals surface area contributed by atoms with E-state index in [0.717, 1.165) is 6.42 Å². The lowest BCUT2D eigenvalue weighted by atomic mass is 9.80. The molecule has 0 saturated heterocycles. The molecule has 0 aliphatic heterocycles. The molecule has 1 nitrogen and oxygen atoms in total. The van der Waals surface area contributed by atoms with Gasteiger partial charge in [-0.3, -0.25) is 0 Å². The highest BCUT2D eigenvalue weighted by Gasteiger charge is 2.24. The van der Waals surface area contributed by atoms with Crippen molar-refractivity contribution in [1.82, 2.24) is 0 Å². The highest BCUT2D eigenvalue weighted by Crippen LogP contribution is 2.25. The lowest BCUT2D eigenvalue weighted by Gasteiger charge is -2.31. The number of nitrogens with two attached hydrogens (primary N) is 1. The van der Waals surface area contributed by atoms with Gasteiger partial charge in [0.15, 0.2) is 0 Å². The molecule has 0 bridgehead atoms. The number of rotatable bonds is 18. The van der Waals surface area contributed by atoms with E-state index in [1.165, 1.54) is 102 Å². The summed E-state index contributed by atoms with van der Waals surface area (Å²) in [5.41, 5.74) is 7.82. The van der Waals surface area contributed by atoms with Gasteiger partial charge in [-0.25, -0.2) is 0 Å². The van der Waals surface area contributed by atoms with Crippen molar-refractivity contribution in [3.8, 4) is 0 Å². The van der Waals surface area contributed by atoms with E-state index >= 15 is 0 Å². The fraction of sp³-hybridized carbons (Fsp3) is 0.778. The molecule has 0 fully saturated rings. The minimum atomic E-state index is -0.0909. The summed E-state index contributed by atoms with van der Waals surface area (Å²) >= 11 is 0. The van der Waals surface area contributed by atoms with Crippen LogP contribution in [-0.4, -0.2) is 5.54 Å². The van der Waals surface area contributed by atoms with Gasteiger partial charge in [0.05, 0.1) is 0 Å². The third-order valence-electron chi connectivity index (χ3n) is 6.28. The topological polar surface area (TPSA) is 26.0 Å². The SMILES string of the molecule is CCCCCCCCCCCCCCCCC(Cc1ccccc1)C(C)(C)N. The van der Waals surface area contributed by atoms with Crippen LogP contribution in [0.25, 0.3) is 0 Å². The number of hydrogen-bond acceptors (Lipinski definition) is 1. The second kappa shape index (κ2) is 16.0. The molecule has 0 heterocycles. The first-order valence-corrected chi connectivity index (χ1v) is 12.4. The zero-order chi connectivity index (χ0) is 20.5. The summed E-state index contributed by atoms with van der Waals surface area (Å²) in [5, 5.41) is 0. The van der Waals surface area contributed by atoms with Crippen molar-refractivity contribution in [2.45, 2.75) is 129 Å². The van der Waals surface area contributed by atoms with Crippen molar-refractivity contribution in [2.24, 2.45) is 11.7 Å². The van der Waals surface area contributed by atoms with Gasteiger partial charge in [-0.15, -0.1) is 0 Å². The van der Waals surface area contributed by atoms with Crippen molar-refractivity contribution < 1.29 is 0 Å². The van der Waals surface area contributed by atoms with Crippen LogP contribution in [0.1, 0.15) is 123 Å². The van der Waals surface area contributed by atoms with Crippen molar-refractivity contribution in [3.63, 3.8) is 0 Å². The van der Waals surface area contributed by atoms with Crippen LogP contribution >= 0.6 is 0 Å². The summed E-state index contributed by atoms with van der Waals surface area (Å²) in [5.74, 6) is 0.576. The van der Waals surface area contributed by atoms with Crippen molar-refractivity contribution in [2.75, 3.05) is 0 Å². The average molecular weight is 388 g/mol. The van der Waals surface area contributed by atoms with Crippen LogP contribution in [0.2, 0.25) is 0 Å². The summed E-state index contributed by atoms with van der Waals surface area (Å²) in [4.78, 5) is 0. The monoisotopic (exact) mass is 387 g/mol. The fourth-order valence-electron chi connectivity index (χ4n) is 4.22. The summed E-state index contributed by atoms with van der Waals surface area (Å²) in [6.07, 6.45) is 22.3. The van der Waals surface area contributed by atoms with Crippen LogP contribution in [0.3, 0.4) is 0 Å². The second-order valence-corrected chi connectivity index (χ2v) is 9.59. The number of hydrogen-bond donors (Lipinski definition) is 1. The molecule has 0 aliphatic carbocycles. The van der Waals surface area contributed by atoms with E-state index in [9.17, 15) is 0 Å². The maximum absolute atomic E-state index is 6.48. The Labute approximate surface area is 176 Å². The largest absolute Gasteiger partial charge is 0.325 e. The molecule has 162 valence electrons. The molecule has 0 spiro atoms. The molecule has 2 N–H and O–H groups in total. The standard InChI is InChI=1S/C27H49N/c1-4-5-6-7-8-9-10-11-12-13-14-15-16-20-23-26(27(2,3)28)24-25-21-18-17-19-22-25/h17-19,21-22,26H,4-16,20,23-24,28H2,1-3H3. The molecule has 1 aromatic carbocycles. The third-order valence-corrected chi connectivity index (χ3v) is 6.28. The lowest BCUT2D eigenvalue weighted by molar-refractivity contribution is 0.290. The zero-order valence-electron chi connectivity index (χ0n) is 19.4. The molecule has 0 saturated carbocycles. The number of benzene rings is 1. The van der Waals surface area contributed by atoms with Gasteiger partial charge in [-0.05, 0) is 38.2 Å². The van der Waals surface area contributed by atoms with E-state index in [2.05, 4.69) is 51.1 Å². The Morgan fingerprint density at radius 3 is 1.54 bits per heavy atom. The van der Waals surface area contributed by atoms with Crippen molar-refractivity contribution in [1.29, 1.82) is 0 Å². The van der Waals surface area contributed by atoms with Gasteiger partial charge in [-0.2, -0.15) is 0 Å². The van der Waals surface area contributed by atoms with Crippen LogP contribution < -0.4 is 5.73 Å². The first-order chi connectivity index (χ1) is 13.5. The Kier molecular flexibility index (Phi) is 14.4. The molecule has 1 heteroatoms. The maximum atomic E-state index is 6.48. The second-order valence-electron chi connectivity index (χ2n) is 9.59. The van der Waals surface area contributed by atoms with Gasteiger partial charge < -0.3 is 5.73 Å². The van der Waals surface area contributed by atoms with Gasteiger partial charge >= 0.3 is 0 Å². The highest BCUT2D eigenvalue weighted by atomic mass is 14.7. The summed E-state index contributed by atoms with van der Waals surface area (Å²) < 4.78 is 0. The van der Waals surface area contributed by atoms with Crippen LogP contribution in [-0.2, 0) is 6.42 Å². The lowest BCUT2D eigenvalue weighted by Crippen LogP contribution is -2.42. The van der Waals surface area contributed by atoms with E-state index in [1.54, 1.807) is 0 Å². The quantitative estimate of drug-likeness (QED) is 0.251. The molecule has 0 aliphatic rings. The van der Waals surface area contributed by atoms with Gasteiger partial charge in [0, 0.05) is 5.54 Å². The van der Waals surface area contributed by atoms with E-state index < -0.39 is 0 Å². The van der Waals surface area contributed by atoms with Crippen LogP contribution in [0.15, 0.2) is 30.3 Å². The van der Waals surface area contributed by atoms with Crippen LogP contribution in [0, 0.1) is 5.92 Å². The Bertz CT molecular complexity index is 445. The third kappa shape index (κ3) is 13.4. The van der Waals surface area contributed by atoms with E-state index in [-0.39, 0.29) is 5.54 Å². The van der Waals surface area contributed by atoms with E-state index in [4.69, 9.17) is 5.73 Å². The van der Waals surface area contributed by atoms with Gasteiger partial charge in [-0.1, -0.05) is 127 Å². The Morgan fingerprint density at radius 2 is 1.11 bits per heavy atom. The first-order valence-electron chi connectivity index (χ1n) is 12.4. The minimum Gasteiger partial charge on any atom is -0.325 e. The first kappa shape index (κ1) is 25.2. The molecule has 28 heavy (non-hydrogen) atoms. The summed E-state index contributed by atoms with van der Waals surface area (Å²) in [6, 6.07) is 10.9. The highest BCUT2D eigenvalue weighted by molar-refractivity contribution is 5.16. The van der Waals surface area contributed by atoms with E-state index in [0.29, 0.717) is 5.92 Å². The zero-order valence-corrected chi connectivity index (χ0v) is 19.4. The minimum absolute atomic E-state index is 0.0909. The molecule has 0 aromatic heterocycles. The fourth-order valence-corrected chi connectivity index (χ4v) is 4.22. The Morgan fingerprint density at radius 1 is 0.679 bits per heavy atom. The summed E-state index contributed by atoms with van der Waals surface area (Å²) in [6.45, 7) is 6.69. The van der Waals surface area contributed by atoms with Gasteiger partial charge in [0.1, 0.15) is 0 Å². The van der Waals surface area contributed by atoms with Gasteiger partial charge in [0.2, 0.25) is 0 Å². The molecular weight excluding hydrogens is 338 g/mol. The molecule has 1 aromatic rings. The summed E-state index contributed by atoms with van der Waals surface area (Å²) in [7, 11) is 0. The molecular formula is C27H49N. The molecule has 1 unspecified atom stereocenters. The maximum Gasteiger partial charge on any atom is 0.0129 e. The Balaban J connectivity index is 2.00. The molecule has 1 atom stereocenters. The molecule has 0 radical (unpaired) electrons. The van der Waals surface area contributed by atoms with Crippen LogP contribution in [0.5, 0.6) is 0 Å². The predicted molar refractivity (Wildman–Crippen MR) is 127 cm³/mol. The Hall–Kier alpha value is -0.820.